The summed E-state index contributed by atoms with van der Waals surface area (Å²) in [7, 11) is -1.14. The van der Waals surface area contributed by atoms with Crippen LogP contribution in [-0.2, 0) is 27.8 Å². The van der Waals surface area contributed by atoms with Crippen molar-refractivity contribution in [2.75, 3.05) is 14.2 Å². The number of hydrogen-bond donors (Lipinski definition) is 2. The van der Waals surface area contributed by atoms with Crippen molar-refractivity contribution in [3.05, 3.63) is 84.2 Å². The zero-order valence-electron chi connectivity index (χ0n) is 17.8. The molecule has 3 aromatic rings. The number of carbonyl (C=O) groups excluding carboxylic acids is 1. The molecule has 32 heavy (non-hydrogen) atoms. The normalized spacial score (nSPS) is 12.1. The molecule has 0 spiro atoms. The van der Waals surface area contributed by atoms with Crippen LogP contribution in [0.4, 0.5) is 0 Å². The molecular weight excluding hydrogens is 430 g/mol. The second kappa shape index (κ2) is 10.7. The van der Waals surface area contributed by atoms with Gasteiger partial charge in [0.25, 0.3) is 0 Å². The molecule has 0 fully saturated rings. The van der Waals surface area contributed by atoms with Gasteiger partial charge < -0.3 is 14.8 Å². The number of pyridine rings is 1. The summed E-state index contributed by atoms with van der Waals surface area (Å²) in [6.07, 6.45) is 3.47. The first-order valence-electron chi connectivity index (χ1n) is 9.88. The highest BCUT2D eigenvalue weighted by molar-refractivity contribution is 7.89. The third-order valence-electron chi connectivity index (χ3n) is 4.75. The number of aromatic nitrogens is 1. The van der Waals surface area contributed by atoms with Crippen LogP contribution >= 0.6 is 0 Å². The number of hydrogen-bond acceptors (Lipinski definition) is 6. The predicted molar refractivity (Wildman–Crippen MR) is 120 cm³/mol. The molecule has 9 heteroatoms. The quantitative estimate of drug-likeness (QED) is 0.486. The lowest BCUT2D eigenvalue weighted by molar-refractivity contribution is -0.122. The van der Waals surface area contributed by atoms with Crippen LogP contribution in [0.1, 0.15) is 11.1 Å². The van der Waals surface area contributed by atoms with Crippen LogP contribution in [0, 0.1) is 0 Å². The number of nitrogens with one attached hydrogen (secondary N) is 2. The first-order chi connectivity index (χ1) is 15.4. The molecule has 2 N–H and O–H groups in total. The van der Waals surface area contributed by atoms with Gasteiger partial charge in [0, 0.05) is 25.0 Å². The van der Waals surface area contributed by atoms with E-state index in [0.717, 1.165) is 11.1 Å². The topological polar surface area (TPSA) is 107 Å². The first kappa shape index (κ1) is 23.2. The molecule has 1 heterocycles. The Bertz CT molecular complexity index is 1140. The average Bonchev–Trinajstić information content (AvgIpc) is 2.82. The minimum atomic E-state index is -4.02. The first-order valence-corrected chi connectivity index (χ1v) is 11.4. The lowest BCUT2D eigenvalue weighted by Gasteiger charge is -2.19. The number of amides is 1. The number of ether oxygens (including phenoxy) is 2. The fourth-order valence-electron chi connectivity index (χ4n) is 3.09. The van der Waals surface area contributed by atoms with Gasteiger partial charge in [-0.1, -0.05) is 36.4 Å². The van der Waals surface area contributed by atoms with Crippen molar-refractivity contribution in [1.29, 1.82) is 0 Å². The monoisotopic (exact) mass is 455 g/mol. The molecule has 0 radical (unpaired) electrons. The van der Waals surface area contributed by atoms with E-state index in [0.29, 0.717) is 5.75 Å². The molecule has 3 rings (SSSR count). The Balaban J connectivity index is 1.83. The number of carbonyl (C=O) groups is 1. The summed E-state index contributed by atoms with van der Waals surface area (Å²) in [5.74, 6) is 0.235. The van der Waals surface area contributed by atoms with Gasteiger partial charge in [0.15, 0.2) is 11.5 Å². The summed E-state index contributed by atoms with van der Waals surface area (Å²) in [5, 5.41) is 2.78. The van der Waals surface area contributed by atoms with E-state index in [-0.39, 0.29) is 23.6 Å². The zero-order valence-corrected chi connectivity index (χ0v) is 18.6. The zero-order chi connectivity index (χ0) is 23.0. The van der Waals surface area contributed by atoms with Crippen LogP contribution in [0.2, 0.25) is 0 Å². The molecule has 1 amide bonds. The molecule has 2 aromatic carbocycles. The molecule has 0 aliphatic heterocycles. The molecule has 1 aromatic heterocycles. The number of benzene rings is 2. The van der Waals surface area contributed by atoms with Crippen LogP contribution in [0.25, 0.3) is 0 Å². The van der Waals surface area contributed by atoms with Crippen molar-refractivity contribution in [3.63, 3.8) is 0 Å². The van der Waals surface area contributed by atoms with Crippen LogP contribution in [-0.4, -0.2) is 39.6 Å². The van der Waals surface area contributed by atoms with Crippen LogP contribution in [0.5, 0.6) is 11.5 Å². The fraction of sp³-hybridized carbons (Fsp3) is 0.217. The van der Waals surface area contributed by atoms with Gasteiger partial charge in [0.05, 0.1) is 19.1 Å². The highest BCUT2D eigenvalue weighted by Crippen LogP contribution is 2.29. The molecule has 0 saturated carbocycles. The number of nitrogens with zero attached hydrogens (tertiary/aromatic N) is 1. The van der Waals surface area contributed by atoms with E-state index in [1.54, 1.807) is 18.5 Å². The van der Waals surface area contributed by atoms with Gasteiger partial charge in [-0.05, 0) is 35.7 Å². The van der Waals surface area contributed by atoms with Gasteiger partial charge in [0.2, 0.25) is 15.9 Å². The Labute approximate surface area is 187 Å². The number of sulfonamides is 1. The molecule has 0 unspecified atom stereocenters. The maximum atomic E-state index is 13.1. The fourth-order valence-corrected chi connectivity index (χ4v) is 4.30. The van der Waals surface area contributed by atoms with Crippen LogP contribution in [0.15, 0.2) is 78.0 Å². The Kier molecular flexibility index (Phi) is 7.80. The molecule has 8 nitrogen and oxygen atoms in total. The SMILES string of the molecule is COc1ccc(S(=O)(=O)N[C@H](Cc2ccccc2)C(=O)NCc2cccnc2)cc1OC. The Hall–Kier alpha value is -3.43. The highest BCUT2D eigenvalue weighted by Gasteiger charge is 2.27. The predicted octanol–water partition coefficient (Wildman–Crippen LogP) is 2.30. The van der Waals surface area contributed by atoms with E-state index in [1.807, 2.05) is 36.4 Å². The minimum Gasteiger partial charge on any atom is -0.493 e. The smallest absolute Gasteiger partial charge is 0.241 e. The van der Waals surface area contributed by atoms with E-state index in [9.17, 15) is 13.2 Å². The van der Waals surface area contributed by atoms with E-state index in [1.165, 1.54) is 32.4 Å². The summed E-state index contributed by atoms with van der Waals surface area (Å²) >= 11 is 0. The van der Waals surface area contributed by atoms with Crippen molar-refractivity contribution >= 4 is 15.9 Å². The van der Waals surface area contributed by atoms with E-state index >= 15 is 0 Å². The van der Waals surface area contributed by atoms with E-state index in [2.05, 4.69) is 15.0 Å². The van der Waals surface area contributed by atoms with Crippen molar-refractivity contribution in [3.8, 4) is 11.5 Å². The molecule has 0 aliphatic rings. The summed E-state index contributed by atoms with van der Waals surface area (Å²) in [6, 6.07) is 16.0. The number of rotatable bonds is 10. The second-order valence-electron chi connectivity index (χ2n) is 6.96. The third kappa shape index (κ3) is 6.05. The van der Waals surface area contributed by atoms with Gasteiger partial charge in [-0.25, -0.2) is 8.42 Å². The summed E-state index contributed by atoms with van der Waals surface area (Å²) in [5.41, 5.74) is 1.63. The van der Waals surface area contributed by atoms with Crippen LogP contribution in [0.3, 0.4) is 0 Å². The molecule has 0 aliphatic carbocycles. The van der Waals surface area contributed by atoms with Crippen molar-refractivity contribution in [2.45, 2.75) is 23.9 Å². The Morgan fingerprint density at radius 2 is 1.69 bits per heavy atom. The lowest BCUT2D eigenvalue weighted by atomic mass is 10.1. The van der Waals surface area contributed by atoms with Gasteiger partial charge in [-0.15, -0.1) is 0 Å². The standard InChI is InChI=1S/C23H25N3O5S/c1-30-21-11-10-19(14-22(21)31-2)32(28,29)26-20(13-17-7-4-3-5-8-17)23(27)25-16-18-9-6-12-24-15-18/h3-12,14-15,20,26H,13,16H2,1-2H3,(H,25,27)/t20-/m1/s1. The molecule has 1 atom stereocenters. The summed E-state index contributed by atoms with van der Waals surface area (Å²) in [6.45, 7) is 0.232. The minimum absolute atomic E-state index is 0.0340. The molecule has 168 valence electrons. The van der Waals surface area contributed by atoms with Crippen LogP contribution < -0.4 is 19.5 Å². The summed E-state index contributed by atoms with van der Waals surface area (Å²) < 4.78 is 39.1. The molecule has 0 saturated heterocycles. The van der Waals surface area contributed by atoms with Crippen molar-refractivity contribution in [1.82, 2.24) is 15.0 Å². The Morgan fingerprint density at radius 1 is 0.969 bits per heavy atom. The maximum absolute atomic E-state index is 13.1. The van der Waals surface area contributed by atoms with Crippen molar-refractivity contribution in [2.24, 2.45) is 0 Å². The van der Waals surface area contributed by atoms with E-state index < -0.39 is 22.0 Å². The Morgan fingerprint density at radius 3 is 2.34 bits per heavy atom. The third-order valence-corrected chi connectivity index (χ3v) is 6.22. The molecular formula is C23H25N3O5S. The van der Waals surface area contributed by atoms with E-state index in [4.69, 9.17) is 9.47 Å². The van der Waals surface area contributed by atoms with Gasteiger partial charge in [-0.2, -0.15) is 4.72 Å². The highest BCUT2D eigenvalue weighted by atomic mass is 32.2. The second-order valence-corrected chi connectivity index (χ2v) is 8.67. The summed E-state index contributed by atoms with van der Waals surface area (Å²) in [4.78, 5) is 16.9. The largest absolute Gasteiger partial charge is 0.493 e. The molecule has 0 bridgehead atoms. The number of methoxy groups -OCH3 is 2. The lowest BCUT2D eigenvalue weighted by Crippen LogP contribution is -2.47. The average molecular weight is 456 g/mol. The van der Waals surface area contributed by atoms with Gasteiger partial charge in [-0.3, -0.25) is 9.78 Å². The van der Waals surface area contributed by atoms with Gasteiger partial charge in [0.1, 0.15) is 6.04 Å². The maximum Gasteiger partial charge on any atom is 0.241 e. The van der Waals surface area contributed by atoms with Crippen molar-refractivity contribution < 1.29 is 22.7 Å². The van der Waals surface area contributed by atoms with Gasteiger partial charge >= 0.3 is 0 Å².